The van der Waals surface area contributed by atoms with Crippen LogP contribution in [0.1, 0.15) is 38.5 Å². The molecule has 0 bridgehead atoms. The first-order valence-corrected chi connectivity index (χ1v) is 9.86. The third-order valence-corrected chi connectivity index (χ3v) is 6.05. The van der Waals surface area contributed by atoms with Crippen molar-refractivity contribution >= 4 is 33.1 Å². The first kappa shape index (κ1) is 16.3. The van der Waals surface area contributed by atoms with E-state index in [0.717, 1.165) is 34.1 Å². The second kappa shape index (κ2) is 7.36. The number of fused-ring (bicyclic) bond motifs is 1. The van der Waals surface area contributed by atoms with Gasteiger partial charge in [0.25, 0.3) is 0 Å². The molecule has 0 radical (unpaired) electrons. The van der Waals surface area contributed by atoms with Crippen LogP contribution in [0.5, 0.6) is 0 Å². The van der Waals surface area contributed by atoms with Crippen molar-refractivity contribution in [2.75, 3.05) is 5.32 Å². The number of amides is 1. The summed E-state index contributed by atoms with van der Waals surface area (Å²) in [5.41, 5.74) is 2.86. The van der Waals surface area contributed by atoms with Crippen LogP contribution in [-0.2, 0) is 4.79 Å². The number of thiazole rings is 1. The van der Waals surface area contributed by atoms with Crippen molar-refractivity contribution < 1.29 is 4.79 Å². The monoisotopic (exact) mass is 350 g/mol. The molecule has 0 aliphatic heterocycles. The summed E-state index contributed by atoms with van der Waals surface area (Å²) in [6, 6.07) is 16.1. The van der Waals surface area contributed by atoms with E-state index in [1.54, 1.807) is 11.3 Å². The molecule has 1 saturated carbocycles. The van der Waals surface area contributed by atoms with Crippen molar-refractivity contribution in [3.05, 3.63) is 48.5 Å². The Balaban J connectivity index is 1.51. The lowest BCUT2D eigenvalue weighted by atomic mass is 10.0. The third-order valence-electron chi connectivity index (χ3n) is 4.98. The molecule has 1 aromatic heterocycles. The fourth-order valence-electron chi connectivity index (χ4n) is 3.61. The number of hydrogen-bond acceptors (Lipinski definition) is 3. The zero-order chi connectivity index (χ0) is 17.1. The zero-order valence-electron chi connectivity index (χ0n) is 14.2. The minimum atomic E-state index is 0.112. The number of benzene rings is 2. The van der Waals surface area contributed by atoms with Gasteiger partial charge in [-0.25, -0.2) is 4.98 Å². The number of carbonyl (C=O) groups is 1. The molecule has 2 aromatic carbocycles. The molecule has 0 saturated heterocycles. The maximum atomic E-state index is 12.4. The topological polar surface area (TPSA) is 42.0 Å². The molecule has 25 heavy (non-hydrogen) atoms. The molecule has 0 unspecified atom stereocenters. The van der Waals surface area contributed by atoms with Crippen molar-refractivity contribution in [1.82, 2.24) is 4.98 Å². The van der Waals surface area contributed by atoms with Gasteiger partial charge in [0, 0.05) is 12.0 Å². The SMILES string of the molecule is O=C(CCC1CCCC1)Nc1ccccc1-c1nc2ccccc2s1. The van der Waals surface area contributed by atoms with Gasteiger partial charge in [0.2, 0.25) is 5.91 Å². The Bertz CT molecular complexity index is 847. The number of para-hydroxylation sites is 2. The Hall–Kier alpha value is -2.20. The molecule has 1 aliphatic carbocycles. The van der Waals surface area contributed by atoms with Crippen LogP contribution in [0.15, 0.2) is 48.5 Å². The second-order valence-corrected chi connectivity index (χ2v) is 7.80. The Kier molecular flexibility index (Phi) is 4.79. The van der Waals surface area contributed by atoms with Crippen LogP contribution >= 0.6 is 11.3 Å². The highest BCUT2D eigenvalue weighted by Crippen LogP contribution is 2.34. The van der Waals surface area contributed by atoms with Crippen LogP contribution in [0, 0.1) is 5.92 Å². The van der Waals surface area contributed by atoms with Gasteiger partial charge in [-0.05, 0) is 36.6 Å². The van der Waals surface area contributed by atoms with E-state index >= 15 is 0 Å². The highest BCUT2D eigenvalue weighted by molar-refractivity contribution is 7.21. The van der Waals surface area contributed by atoms with Crippen molar-refractivity contribution in [3.8, 4) is 10.6 Å². The first-order chi connectivity index (χ1) is 12.3. The quantitative estimate of drug-likeness (QED) is 0.625. The van der Waals surface area contributed by atoms with Gasteiger partial charge in [0.05, 0.1) is 15.9 Å². The highest BCUT2D eigenvalue weighted by atomic mass is 32.1. The molecule has 0 spiro atoms. The average Bonchev–Trinajstić information content (AvgIpc) is 3.30. The highest BCUT2D eigenvalue weighted by Gasteiger charge is 2.17. The summed E-state index contributed by atoms with van der Waals surface area (Å²) < 4.78 is 1.17. The predicted molar refractivity (Wildman–Crippen MR) is 105 cm³/mol. The Morgan fingerprint density at radius 2 is 1.84 bits per heavy atom. The lowest BCUT2D eigenvalue weighted by Gasteiger charge is -2.11. The van der Waals surface area contributed by atoms with Crippen LogP contribution in [0.2, 0.25) is 0 Å². The Morgan fingerprint density at radius 3 is 2.68 bits per heavy atom. The van der Waals surface area contributed by atoms with E-state index < -0.39 is 0 Å². The fraction of sp³-hybridized carbons (Fsp3) is 0.333. The zero-order valence-corrected chi connectivity index (χ0v) is 15.0. The van der Waals surface area contributed by atoms with E-state index in [-0.39, 0.29) is 5.91 Å². The number of carbonyl (C=O) groups excluding carboxylic acids is 1. The van der Waals surface area contributed by atoms with Crippen molar-refractivity contribution in [2.45, 2.75) is 38.5 Å². The molecular formula is C21H22N2OS. The van der Waals surface area contributed by atoms with Gasteiger partial charge < -0.3 is 5.32 Å². The molecule has 0 atom stereocenters. The van der Waals surface area contributed by atoms with Gasteiger partial charge in [-0.3, -0.25) is 4.79 Å². The molecule has 3 aromatic rings. The van der Waals surface area contributed by atoms with Crippen LogP contribution in [-0.4, -0.2) is 10.9 Å². The molecule has 4 rings (SSSR count). The van der Waals surface area contributed by atoms with E-state index in [1.807, 2.05) is 42.5 Å². The lowest BCUT2D eigenvalue weighted by molar-refractivity contribution is -0.116. The largest absolute Gasteiger partial charge is 0.325 e. The van der Waals surface area contributed by atoms with Crippen LogP contribution in [0.4, 0.5) is 5.69 Å². The molecule has 1 fully saturated rings. The number of hydrogen-bond donors (Lipinski definition) is 1. The molecule has 1 N–H and O–H groups in total. The number of rotatable bonds is 5. The van der Waals surface area contributed by atoms with Gasteiger partial charge in [-0.15, -0.1) is 11.3 Å². The van der Waals surface area contributed by atoms with E-state index in [1.165, 1.54) is 30.4 Å². The molecule has 1 amide bonds. The van der Waals surface area contributed by atoms with Gasteiger partial charge >= 0.3 is 0 Å². The normalized spacial score (nSPS) is 14.9. The number of nitrogens with one attached hydrogen (secondary N) is 1. The molecule has 3 nitrogen and oxygen atoms in total. The number of aromatic nitrogens is 1. The molecule has 1 heterocycles. The van der Waals surface area contributed by atoms with E-state index in [9.17, 15) is 4.79 Å². The van der Waals surface area contributed by atoms with E-state index in [4.69, 9.17) is 4.98 Å². The summed E-state index contributed by atoms with van der Waals surface area (Å²) in [4.78, 5) is 17.1. The van der Waals surface area contributed by atoms with Crippen LogP contribution < -0.4 is 5.32 Å². The summed E-state index contributed by atoms with van der Waals surface area (Å²) in [7, 11) is 0. The van der Waals surface area contributed by atoms with E-state index in [2.05, 4.69) is 11.4 Å². The second-order valence-electron chi connectivity index (χ2n) is 6.77. The number of anilines is 1. The minimum absolute atomic E-state index is 0.112. The summed E-state index contributed by atoms with van der Waals surface area (Å²) in [6.07, 6.45) is 6.85. The maximum absolute atomic E-state index is 12.4. The fourth-order valence-corrected chi connectivity index (χ4v) is 4.62. The summed E-state index contributed by atoms with van der Waals surface area (Å²) in [6.45, 7) is 0. The third kappa shape index (κ3) is 3.74. The van der Waals surface area contributed by atoms with Crippen molar-refractivity contribution in [1.29, 1.82) is 0 Å². The Labute approximate surface area is 152 Å². The summed E-state index contributed by atoms with van der Waals surface area (Å²) >= 11 is 1.66. The standard InChI is InChI=1S/C21H22N2OS/c24-20(14-13-15-7-1-2-8-15)22-17-10-4-3-9-16(17)21-23-18-11-5-6-12-19(18)25-21/h3-6,9-12,15H,1-2,7-8,13-14H2,(H,22,24). The minimum Gasteiger partial charge on any atom is -0.325 e. The van der Waals surface area contributed by atoms with E-state index in [0.29, 0.717) is 6.42 Å². The molecule has 128 valence electrons. The summed E-state index contributed by atoms with van der Waals surface area (Å²) in [5, 5.41) is 4.06. The van der Waals surface area contributed by atoms with Gasteiger partial charge in [-0.1, -0.05) is 49.9 Å². The van der Waals surface area contributed by atoms with Gasteiger partial charge in [0.15, 0.2) is 0 Å². The smallest absolute Gasteiger partial charge is 0.224 e. The molecular weight excluding hydrogens is 328 g/mol. The summed E-state index contributed by atoms with van der Waals surface area (Å²) in [5.74, 6) is 0.853. The Morgan fingerprint density at radius 1 is 1.08 bits per heavy atom. The maximum Gasteiger partial charge on any atom is 0.224 e. The van der Waals surface area contributed by atoms with Crippen molar-refractivity contribution in [2.24, 2.45) is 5.92 Å². The van der Waals surface area contributed by atoms with Gasteiger partial charge in [0.1, 0.15) is 5.01 Å². The molecule has 4 heteroatoms. The molecule has 1 aliphatic rings. The first-order valence-electron chi connectivity index (χ1n) is 9.04. The van der Waals surface area contributed by atoms with Crippen molar-refractivity contribution in [3.63, 3.8) is 0 Å². The van der Waals surface area contributed by atoms with Crippen LogP contribution in [0.25, 0.3) is 20.8 Å². The van der Waals surface area contributed by atoms with Crippen LogP contribution in [0.3, 0.4) is 0 Å². The van der Waals surface area contributed by atoms with Gasteiger partial charge in [-0.2, -0.15) is 0 Å². The average molecular weight is 350 g/mol. The lowest BCUT2D eigenvalue weighted by Crippen LogP contribution is -2.13. The predicted octanol–water partition coefficient (Wildman–Crippen LogP) is 5.87. The number of nitrogens with zero attached hydrogens (tertiary/aromatic N) is 1.